The van der Waals surface area contributed by atoms with Gasteiger partial charge < -0.3 is 25.4 Å². The Labute approximate surface area is 149 Å². The molecule has 1 unspecified atom stereocenters. The molecule has 0 radical (unpaired) electrons. The van der Waals surface area contributed by atoms with Gasteiger partial charge in [-0.1, -0.05) is 18.2 Å². The highest BCUT2D eigenvalue weighted by molar-refractivity contribution is 5.92. The second-order valence-corrected chi connectivity index (χ2v) is 5.72. The highest BCUT2D eigenvalue weighted by Gasteiger charge is 2.09. The molecule has 2 rings (SSSR count). The highest BCUT2D eigenvalue weighted by Crippen LogP contribution is 2.29. The number of nitrogens with two attached hydrogens (primary N) is 1. The summed E-state index contributed by atoms with van der Waals surface area (Å²) < 4.78 is 10.5. The molecule has 0 spiro atoms. The fourth-order valence-electron chi connectivity index (χ4n) is 2.37. The molecule has 2 aromatic carbocycles. The number of hydrogen-bond acceptors (Lipinski definition) is 4. The third kappa shape index (κ3) is 5.04. The van der Waals surface area contributed by atoms with Crippen molar-refractivity contribution >= 4 is 17.3 Å². The average Bonchev–Trinajstić information content (AvgIpc) is 2.66. The Morgan fingerprint density at radius 2 is 1.80 bits per heavy atom. The lowest BCUT2D eigenvalue weighted by molar-refractivity contribution is 0.355. The van der Waals surface area contributed by atoms with Crippen LogP contribution in [0.4, 0.5) is 11.4 Å². The molecule has 6 heteroatoms. The van der Waals surface area contributed by atoms with Crippen LogP contribution in [-0.2, 0) is 0 Å². The molecule has 0 saturated carbocycles. The number of methoxy groups -OCH3 is 2. The van der Waals surface area contributed by atoms with Crippen LogP contribution in [0.2, 0.25) is 0 Å². The number of rotatable bonds is 7. The largest absolute Gasteiger partial charge is 0.493 e. The lowest BCUT2D eigenvalue weighted by atomic mass is 10.2. The predicted molar refractivity (Wildman–Crippen MR) is 104 cm³/mol. The SMILES string of the molecule is COc1ccc(NC(N)=NCC(C)N(C)c2ccccc2)cc1OC. The zero-order valence-electron chi connectivity index (χ0n) is 15.2. The fraction of sp³-hybridized carbons (Fsp3) is 0.316. The Bertz CT molecular complexity index is 704. The Morgan fingerprint density at radius 3 is 2.44 bits per heavy atom. The van der Waals surface area contributed by atoms with Crippen molar-refractivity contribution < 1.29 is 9.47 Å². The molecule has 0 amide bonds. The van der Waals surface area contributed by atoms with E-state index in [1.54, 1.807) is 14.2 Å². The predicted octanol–water partition coefficient (Wildman–Crippen LogP) is 2.96. The Hall–Kier alpha value is -2.89. The van der Waals surface area contributed by atoms with Gasteiger partial charge in [-0.15, -0.1) is 0 Å². The molecule has 1 atom stereocenters. The summed E-state index contributed by atoms with van der Waals surface area (Å²) in [4.78, 5) is 6.61. The normalized spacial score (nSPS) is 12.4. The van der Waals surface area contributed by atoms with Crippen LogP contribution in [0.5, 0.6) is 11.5 Å². The molecule has 0 heterocycles. The van der Waals surface area contributed by atoms with E-state index in [9.17, 15) is 0 Å². The summed E-state index contributed by atoms with van der Waals surface area (Å²) in [5, 5.41) is 3.08. The highest BCUT2D eigenvalue weighted by atomic mass is 16.5. The number of nitrogens with one attached hydrogen (secondary N) is 1. The van der Waals surface area contributed by atoms with Crippen molar-refractivity contribution in [2.45, 2.75) is 13.0 Å². The molecule has 6 nitrogen and oxygen atoms in total. The minimum absolute atomic E-state index is 0.216. The number of para-hydroxylation sites is 1. The molecule has 2 aromatic rings. The summed E-state index contributed by atoms with van der Waals surface area (Å²) in [6.45, 7) is 2.69. The minimum Gasteiger partial charge on any atom is -0.493 e. The average molecular weight is 342 g/mol. The van der Waals surface area contributed by atoms with Crippen LogP contribution >= 0.6 is 0 Å². The molecule has 0 aliphatic rings. The van der Waals surface area contributed by atoms with Crippen LogP contribution in [0.1, 0.15) is 6.92 Å². The molecule has 134 valence electrons. The van der Waals surface area contributed by atoms with Crippen LogP contribution in [-0.4, -0.2) is 39.8 Å². The van der Waals surface area contributed by atoms with E-state index >= 15 is 0 Å². The molecule has 0 aliphatic heterocycles. The molecular weight excluding hydrogens is 316 g/mol. The summed E-state index contributed by atoms with van der Waals surface area (Å²) in [5.41, 5.74) is 7.95. The van der Waals surface area contributed by atoms with E-state index in [0.29, 0.717) is 24.0 Å². The third-order valence-electron chi connectivity index (χ3n) is 4.01. The molecule has 3 N–H and O–H groups in total. The van der Waals surface area contributed by atoms with E-state index in [2.05, 4.69) is 34.3 Å². The van der Waals surface area contributed by atoms with Gasteiger partial charge >= 0.3 is 0 Å². The van der Waals surface area contributed by atoms with E-state index in [4.69, 9.17) is 15.2 Å². The van der Waals surface area contributed by atoms with Crippen molar-refractivity contribution in [1.82, 2.24) is 0 Å². The summed E-state index contributed by atoms with van der Waals surface area (Å²) in [5.74, 6) is 1.67. The van der Waals surface area contributed by atoms with Crippen molar-refractivity contribution in [3.63, 3.8) is 0 Å². The van der Waals surface area contributed by atoms with Crippen molar-refractivity contribution in [2.24, 2.45) is 10.7 Å². The number of hydrogen-bond donors (Lipinski definition) is 2. The summed E-state index contributed by atoms with van der Waals surface area (Å²) in [6.07, 6.45) is 0. The standard InChI is InChI=1S/C19H26N4O2/c1-14(23(2)16-8-6-5-7-9-16)13-21-19(20)22-15-10-11-17(24-3)18(12-15)25-4/h5-12,14H,13H2,1-4H3,(H3,20,21,22). The molecule has 0 saturated heterocycles. The summed E-state index contributed by atoms with van der Waals surface area (Å²) >= 11 is 0. The first kappa shape index (κ1) is 18.4. The number of likely N-dealkylation sites (N-methyl/N-ethyl adjacent to an activating group) is 1. The van der Waals surface area contributed by atoms with Gasteiger partial charge in [-0.05, 0) is 31.2 Å². The zero-order chi connectivity index (χ0) is 18.2. The fourth-order valence-corrected chi connectivity index (χ4v) is 2.37. The maximum absolute atomic E-state index is 6.00. The number of guanidine groups is 1. The third-order valence-corrected chi connectivity index (χ3v) is 4.01. The van der Waals surface area contributed by atoms with Gasteiger partial charge in [0.25, 0.3) is 0 Å². The van der Waals surface area contributed by atoms with Gasteiger partial charge in [0.15, 0.2) is 17.5 Å². The van der Waals surface area contributed by atoms with Gasteiger partial charge in [0.05, 0.1) is 20.8 Å². The molecule has 25 heavy (non-hydrogen) atoms. The number of nitrogens with zero attached hydrogens (tertiary/aromatic N) is 2. The topological polar surface area (TPSA) is 72.1 Å². The maximum Gasteiger partial charge on any atom is 0.193 e. The molecular formula is C19H26N4O2. The molecule has 0 aliphatic carbocycles. The van der Waals surface area contributed by atoms with E-state index in [1.165, 1.54) is 0 Å². The summed E-state index contributed by atoms with van der Waals surface area (Å²) in [7, 11) is 5.25. The van der Waals surface area contributed by atoms with Gasteiger partial charge in [-0.3, -0.25) is 4.99 Å². The second kappa shape index (κ2) is 8.82. The minimum atomic E-state index is 0.216. The Kier molecular flexibility index (Phi) is 6.51. The van der Waals surface area contributed by atoms with Crippen molar-refractivity contribution in [1.29, 1.82) is 0 Å². The quantitative estimate of drug-likeness (QED) is 0.598. The van der Waals surface area contributed by atoms with Gasteiger partial charge in [-0.25, -0.2) is 0 Å². The van der Waals surface area contributed by atoms with Crippen molar-refractivity contribution in [3.05, 3.63) is 48.5 Å². The first-order chi connectivity index (χ1) is 12.0. The first-order valence-corrected chi connectivity index (χ1v) is 8.12. The van der Waals surface area contributed by atoms with Crippen molar-refractivity contribution in [2.75, 3.05) is 38.0 Å². The smallest absolute Gasteiger partial charge is 0.193 e. The maximum atomic E-state index is 6.00. The van der Waals surface area contributed by atoms with Gasteiger partial charge in [0.2, 0.25) is 0 Å². The number of anilines is 2. The monoisotopic (exact) mass is 342 g/mol. The first-order valence-electron chi connectivity index (χ1n) is 8.12. The molecule has 0 bridgehead atoms. The van der Waals surface area contributed by atoms with Crippen LogP contribution in [0.3, 0.4) is 0 Å². The molecule has 0 fully saturated rings. The number of aliphatic imine (C=N–C) groups is 1. The van der Waals surface area contributed by atoms with Gasteiger partial charge in [-0.2, -0.15) is 0 Å². The van der Waals surface area contributed by atoms with Gasteiger partial charge in [0, 0.05) is 30.5 Å². The Morgan fingerprint density at radius 1 is 1.12 bits per heavy atom. The number of benzene rings is 2. The summed E-state index contributed by atoms with van der Waals surface area (Å²) in [6, 6.07) is 15.9. The van der Waals surface area contributed by atoms with Crippen molar-refractivity contribution in [3.8, 4) is 11.5 Å². The van der Waals surface area contributed by atoms with Crippen LogP contribution in [0, 0.1) is 0 Å². The number of ether oxygens (including phenoxy) is 2. The van der Waals surface area contributed by atoms with E-state index < -0.39 is 0 Å². The molecule has 0 aromatic heterocycles. The van der Waals surface area contributed by atoms with Gasteiger partial charge in [0.1, 0.15) is 0 Å². The lowest BCUT2D eigenvalue weighted by Crippen LogP contribution is -2.33. The van der Waals surface area contributed by atoms with Crippen LogP contribution in [0.25, 0.3) is 0 Å². The van der Waals surface area contributed by atoms with Crippen LogP contribution in [0.15, 0.2) is 53.5 Å². The Balaban J connectivity index is 1.97. The van der Waals surface area contributed by atoms with E-state index in [1.807, 2.05) is 43.4 Å². The van der Waals surface area contributed by atoms with Crippen LogP contribution < -0.4 is 25.4 Å². The van der Waals surface area contributed by atoms with E-state index in [-0.39, 0.29) is 6.04 Å². The zero-order valence-corrected chi connectivity index (χ0v) is 15.2. The van der Waals surface area contributed by atoms with E-state index in [0.717, 1.165) is 11.4 Å². The second-order valence-electron chi connectivity index (χ2n) is 5.72. The lowest BCUT2D eigenvalue weighted by Gasteiger charge is -2.25.